The highest BCUT2D eigenvalue weighted by Crippen LogP contribution is 2.34. The Morgan fingerprint density at radius 2 is 1.67 bits per heavy atom. The number of benzene rings is 3. The third-order valence-electron chi connectivity index (χ3n) is 5.58. The molecule has 1 aromatic heterocycles. The normalized spacial score (nSPS) is 13.4. The van der Waals surface area contributed by atoms with Crippen LogP contribution >= 0.6 is 15.9 Å². The molecule has 2 amide bonds. The van der Waals surface area contributed by atoms with Crippen LogP contribution < -0.4 is 10.3 Å². The molecule has 1 aliphatic heterocycles. The van der Waals surface area contributed by atoms with Gasteiger partial charge in [0.15, 0.2) is 0 Å². The van der Waals surface area contributed by atoms with Gasteiger partial charge in [0, 0.05) is 15.6 Å². The van der Waals surface area contributed by atoms with Gasteiger partial charge >= 0.3 is 0 Å². The summed E-state index contributed by atoms with van der Waals surface area (Å²) in [6.45, 7) is 1.72. The molecule has 0 spiro atoms. The summed E-state index contributed by atoms with van der Waals surface area (Å²) in [5.41, 5.74) is 1.79. The highest BCUT2D eigenvalue weighted by Gasteiger charge is 2.33. The molecule has 0 unspecified atom stereocenters. The molecule has 8 nitrogen and oxygen atoms in total. The Balaban J connectivity index is 1.53. The lowest BCUT2D eigenvalue weighted by molar-refractivity contribution is 0.0616. The van der Waals surface area contributed by atoms with Gasteiger partial charge in [-0.15, -0.1) is 0 Å². The van der Waals surface area contributed by atoms with Gasteiger partial charge in [0.25, 0.3) is 17.4 Å². The summed E-state index contributed by atoms with van der Waals surface area (Å²) in [5.74, 6) is -0.423. The minimum absolute atomic E-state index is 0.242. The Kier molecular flexibility index (Phi) is 4.98. The molecule has 2 heterocycles. The van der Waals surface area contributed by atoms with Gasteiger partial charge in [-0.1, -0.05) is 28.1 Å². The molecule has 0 saturated carbocycles. The average molecular weight is 505 g/mol. The summed E-state index contributed by atoms with van der Waals surface area (Å²) in [4.78, 5) is 39.1. The van der Waals surface area contributed by atoms with Gasteiger partial charge in [-0.2, -0.15) is 10.1 Å². The van der Waals surface area contributed by atoms with E-state index in [0.717, 1.165) is 14.9 Å². The first kappa shape index (κ1) is 20.9. The van der Waals surface area contributed by atoms with E-state index in [-0.39, 0.29) is 11.1 Å². The minimum Gasteiger partial charge on any atom is -0.497 e. The summed E-state index contributed by atoms with van der Waals surface area (Å²) in [5, 5.41) is 9.29. The Bertz CT molecular complexity index is 1510. The number of hydrogen-bond acceptors (Lipinski definition) is 5. The minimum atomic E-state index is -0.545. The number of H-pyrrole nitrogens is 1. The maximum Gasteiger partial charge on any atom is 0.282 e. The van der Waals surface area contributed by atoms with Crippen molar-refractivity contribution in [2.24, 2.45) is 5.10 Å². The van der Waals surface area contributed by atoms with Crippen LogP contribution in [0.3, 0.4) is 0 Å². The summed E-state index contributed by atoms with van der Waals surface area (Å²) in [6.07, 6.45) is 1.24. The predicted molar refractivity (Wildman–Crippen MR) is 127 cm³/mol. The number of amides is 2. The van der Waals surface area contributed by atoms with Crippen molar-refractivity contribution in [3.8, 4) is 11.4 Å². The number of carbonyl (C=O) groups excluding carboxylic acids is 2. The van der Waals surface area contributed by atoms with Crippen LogP contribution in [0.25, 0.3) is 16.5 Å². The molecule has 0 atom stereocenters. The molecule has 9 heteroatoms. The van der Waals surface area contributed by atoms with Crippen molar-refractivity contribution >= 4 is 44.7 Å². The van der Waals surface area contributed by atoms with Crippen molar-refractivity contribution in [3.05, 3.63) is 91.8 Å². The molecule has 0 aliphatic carbocycles. The van der Waals surface area contributed by atoms with Crippen molar-refractivity contribution in [3.63, 3.8) is 0 Å². The van der Waals surface area contributed by atoms with Crippen LogP contribution in [0.4, 0.5) is 0 Å². The zero-order valence-corrected chi connectivity index (χ0v) is 19.2. The first-order valence-electron chi connectivity index (χ1n) is 10.0. The van der Waals surface area contributed by atoms with E-state index in [1.54, 1.807) is 62.6 Å². The van der Waals surface area contributed by atoms with Gasteiger partial charge in [0.2, 0.25) is 0 Å². The van der Waals surface area contributed by atoms with Gasteiger partial charge in [0.05, 0.1) is 35.7 Å². The second kappa shape index (κ2) is 7.86. The highest BCUT2D eigenvalue weighted by molar-refractivity contribution is 9.10. The van der Waals surface area contributed by atoms with Crippen LogP contribution in [0.2, 0.25) is 0 Å². The van der Waals surface area contributed by atoms with E-state index in [0.29, 0.717) is 33.6 Å². The largest absolute Gasteiger partial charge is 0.497 e. The Morgan fingerprint density at radius 1 is 0.970 bits per heavy atom. The van der Waals surface area contributed by atoms with E-state index >= 15 is 0 Å². The molecule has 33 heavy (non-hydrogen) atoms. The number of aromatic amines is 1. The zero-order valence-electron chi connectivity index (χ0n) is 17.6. The molecule has 4 aromatic rings. The van der Waals surface area contributed by atoms with Gasteiger partial charge in [0.1, 0.15) is 5.75 Å². The first-order valence-corrected chi connectivity index (χ1v) is 10.8. The number of rotatable bonds is 4. The molecule has 164 valence electrons. The predicted octanol–water partition coefficient (Wildman–Crippen LogP) is 4.03. The van der Waals surface area contributed by atoms with Gasteiger partial charge < -0.3 is 4.74 Å². The SMILES string of the molecule is COc1ccc(-n2[nH]c(C)c(C=NN3C(=O)c4cccc5c(Br)ccc(c45)C3=O)c2=O)cc1. The number of aryl methyl sites for hydroxylation is 1. The van der Waals surface area contributed by atoms with Crippen molar-refractivity contribution in [2.45, 2.75) is 6.92 Å². The summed E-state index contributed by atoms with van der Waals surface area (Å²) < 4.78 is 7.31. The van der Waals surface area contributed by atoms with Crippen molar-refractivity contribution in [1.82, 2.24) is 14.8 Å². The quantitative estimate of drug-likeness (QED) is 0.335. The van der Waals surface area contributed by atoms with Crippen LogP contribution in [0.1, 0.15) is 32.0 Å². The van der Waals surface area contributed by atoms with E-state index in [1.165, 1.54) is 10.9 Å². The number of methoxy groups -OCH3 is 1. The van der Waals surface area contributed by atoms with Crippen LogP contribution in [0, 0.1) is 6.92 Å². The summed E-state index contributed by atoms with van der Waals surface area (Å²) in [6, 6.07) is 15.7. The first-order chi connectivity index (χ1) is 15.9. The topological polar surface area (TPSA) is 96.8 Å². The number of imide groups is 1. The number of nitrogens with one attached hydrogen (secondary N) is 1. The monoisotopic (exact) mass is 504 g/mol. The van der Waals surface area contributed by atoms with Crippen LogP contribution in [-0.4, -0.2) is 39.9 Å². The van der Waals surface area contributed by atoms with E-state index in [1.807, 2.05) is 6.07 Å². The molecule has 3 aromatic carbocycles. The maximum absolute atomic E-state index is 13.1. The van der Waals surface area contributed by atoms with Gasteiger partial charge in [-0.25, -0.2) is 4.68 Å². The number of nitrogens with zero attached hydrogens (tertiary/aromatic N) is 3. The Labute approximate surface area is 196 Å². The second-order valence-corrected chi connectivity index (χ2v) is 8.33. The fraction of sp³-hybridized carbons (Fsp3) is 0.0833. The lowest BCUT2D eigenvalue weighted by Gasteiger charge is -2.23. The van der Waals surface area contributed by atoms with Crippen LogP contribution in [0.15, 0.2) is 69.0 Å². The average Bonchev–Trinajstić information content (AvgIpc) is 3.11. The lowest BCUT2D eigenvalue weighted by atomic mass is 9.95. The van der Waals surface area contributed by atoms with Crippen molar-refractivity contribution in [1.29, 1.82) is 0 Å². The fourth-order valence-corrected chi connectivity index (χ4v) is 4.36. The van der Waals surface area contributed by atoms with E-state index in [2.05, 4.69) is 26.1 Å². The number of hydrogen-bond donors (Lipinski definition) is 1. The second-order valence-electron chi connectivity index (χ2n) is 7.48. The number of carbonyl (C=O) groups is 2. The number of ether oxygens (including phenoxy) is 1. The molecular weight excluding hydrogens is 488 g/mol. The number of halogens is 1. The molecule has 0 fully saturated rings. The van der Waals surface area contributed by atoms with Gasteiger partial charge in [-0.3, -0.25) is 19.5 Å². The molecule has 0 saturated heterocycles. The number of aromatic nitrogens is 2. The molecule has 1 N–H and O–H groups in total. The van der Waals surface area contributed by atoms with Gasteiger partial charge in [-0.05, 0) is 54.8 Å². The Hall–Kier alpha value is -3.98. The van der Waals surface area contributed by atoms with Crippen molar-refractivity contribution < 1.29 is 14.3 Å². The fourth-order valence-electron chi connectivity index (χ4n) is 3.89. The summed E-state index contributed by atoms with van der Waals surface area (Å²) >= 11 is 3.47. The third kappa shape index (κ3) is 3.28. The van der Waals surface area contributed by atoms with E-state index in [4.69, 9.17) is 4.74 Å². The van der Waals surface area contributed by atoms with Crippen molar-refractivity contribution in [2.75, 3.05) is 7.11 Å². The highest BCUT2D eigenvalue weighted by atomic mass is 79.9. The standard InChI is InChI=1S/C24H17BrN4O4/c1-13-19(24(32)28(27-13)14-6-8-15(33-2)9-7-14)12-26-29-22(30)17-5-3-4-16-20(25)11-10-18(21(16)17)23(29)31/h3-12,27H,1-2H3. The molecule has 1 aliphatic rings. The van der Waals surface area contributed by atoms with E-state index < -0.39 is 11.8 Å². The summed E-state index contributed by atoms with van der Waals surface area (Å²) in [7, 11) is 1.56. The third-order valence-corrected chi connectivity index (χ3v) is 6.27. The maximum atomic E-state index is 13.1. The zero-order chi connectivity index (χ0) is 23.3. The molecule has 5 rings (SSSR count). The van der Waals surface area contributed by atoms with Crippen LogP contribution in [-0.2, 0) is 0 Å². The smallest absolute Gasteiger partial charge is 0.282 e. The molecule has 0 bridgehead atoms. The number of hydrazone groups is 1. The van der Waals surface area contributed by atoms with Crippen LogP contribution in [0.5, 0.6) is 5.75 Å². The molecular formula is C24H17BrN4O4. The van der Waals surface area contributed by atoms with E-state index in [9.17, 15) is 14.4 Å². The Morgan fingerprint density at radius 3 is 2.36 bits per heavy atom. The molecule has 0 radical (unpaired) electrons. The lowest BCUT2D eigenvalue weighted by Crippen LogP contribution is -2.36.